The molecule has 0 spiro atoms. The molecule has 0 aromatic heterocycles. The van der Waals surface area contributed by atoms with E-state index >= 15 is 0 Å². The van der Waals surface area contributed by atoms with Crippen LogP contribution in [0.5, 0.6) is 0 Å². The molecule has 2 atom stereocenters. The molecule has 0 radical (unpaired) electrons. The van der Waals surface area contributed by atoms with Gasteiger partial charge in [0.2, 0.25) is 5.91 Å². The monoisotopic (exact) mass is 444 g/mol. The normalized spacial score (nSPS) is 12.4. The Morgan fingerprint density at radius 1 is 0.727 bits per heavy atom. The highest BCUT2D eigenvalue weighted by Gasteiger charge is 2.28. The van der Waals surface area contributed by atoms with E-state index in [-0.39, 0.29) is 31.6 Å². The maximum absolute atomic E-state index is 12.6. The predicted molar refractivity (Wildman–Crippen MR) is 126 cm³/mol. The van der Waals surface area contributed by atoms with Gasteiger partial charge in [-0.25, -0.2) is 0 Å². The van der Waals surface area contributed by atoms with Crippen LogP contribution in [0.2, 0.25) is 0 Å². The molecule has 2 amide bonds. The van der Waals surface area contributed by atoms with E-state index in [4.69, 9.17) is 0 Å². The zero-order chi connectivity index (χ0) is 23.5. The van der Waals surface area contributed by atoms with Gasteiger partial charge in [-0.15, -0.1) is 0 Å². The van der Waals surface area contributed by atoms with Crippen LogP contribution in [0.15, 0.2) is 91.0 Å². The van der Waals surface area contributed by atoms with Crippen molar-refractivity contribution in [2.75, 3.05) is 0 Å². The first kappa shape index (κ1) is 23.9. The molecule has 3 aromatic rings. The van der Waals surface area contributed by atoms with Gasteiger partial charge in [0.25, 0.3) is 5.91 Å². The first-order valence-electron chi connectivity index (χ1n) is 10.9. The summed E-state index contributed by atoms with van der Waals surface area (Å²) in [6.07, 6.45) is -1.15. The Hall–Kier alpha value is -3.77. The minimum absolute atomic E-state index is 0.0304. The highest BCUT2D eigenvalue weighted by Crippen LogP contribution is 2.10. The number of carbonyl (C=O) groups excluding carboxylic acids is 3. The molecule has 3 rings (SSSR count). The quantitative estimate of drug-likeness (QED) is 0.396. The Balaban J connectivity index is 1.60. The smallest absolute Gasteiger partial charge is 0.251 e. The molecule has 0 saturated carbocycles. The Morgan fingerprint density at radius 3 is 1.88 bits per heavy atom. The second kappa shape index (κ2) is 12.3. The van der Waals surface area contributed by atoms with E-state index in [1.165, 1.54) is 0 Å². The molecule has 0 aliphatic rings. The lowest BCUT2D eigenvalue weighted by Crippen LogP contribution is -2.51. The van der Waals surface area contributed by atoms with Gasteiger partial charge in [-0.05, 0) is 17.5 Å². The van der Waals surface area contributed by atoms with Crippen LogP contribution in [0.3, 0.4) is 0 Å². The van der Waals surface area contributed by atoms with E-state index in [1.807, 2.05) is 66.7 Å². The number of benzene rings is 3. The summed E-state index contributed by atoms with van der Waals surface area (Å²) in [5, 5.41) is 16.2. The summed E-state index contributed by atoms with van der Waals surface area (Å²) in [7, 11) is 0. The highest BCUT2D eigenvalue weighted by atomic mass is 16.3. The molecule has 170 valence electrons. The second-order valence-corrected chi connectivity index (χ2v) is 7.80. The van der Waals surface area contributed by atoms with Gasteiger partial charge < -0.3 is 15.7 Å². The number of aliphatic hydroxyl groups is 1. The fraction of sp³-hybridized carbons (Fsp3) is 0.222. The summed E-state index contributed by atoms with van der Waals surface area (Å²) in [6, 6.07) is 26.6. The maximum atomic E-state index is 12.6. The molecular weight excluding hydrogens is 416 g/mol. The number of rotatable bonds is 11. The van der Waals surface area contributed by atoms with Crippen molar-refractivity contribution in [2.24, 2.45) is 0 Å². The van der Waals surface area contributed by atoms with Crippen molar-refractivity contribution in [1.82, 2.24) is 10.6 Å². The van der Waals surface area contributed by atoms with Gasteiger partial charge >= 0.3 is 0 Å². The predicted octanol–water partition coefficient (Wildman–Crippen LogP) is 3.05. The molecule has 0 bridgehead atoms. The average Bonchev–Trinajstić information content (AvgIpc) is 2.86. The van der Waals surface area contributed by atoms with Crippen molar-refractivity contribution < 1.29 is 19.5 Å². The van der Waals surface area contributed by atoms with Gasteiger partial charge in [-0.3, -0.25) is 14.4 Å². The summed E-state index contributed by atoms with van der Waals surface area (Å²) in [5.41, 5.74) is 2.32. The molecule has 0 unspecified atom stereocenters. The lowest BCUT2D eigenvalue weighted by Gasteiger charge is -2.24. The van der Waals surface area contributed by atoms with Gasteiger partial charge in [0.05, 0.1) is 6.04 Å². The first-order valence-corrected chi connectivity index (χ1v) is 10.9. The zero-order valence-corrected chi connectivity index (χ0v) is 18.3. The van der Waals surface area contributed by atoms with Gasteiger partial charge in [0, 0.05) is 24.9 Å². The van der Waals surface area contributed by atoms with E-state index in [0.29, 0.717) is 5.56 Å². The van der Waals surface area contributed by atoms with Crippen molar-refractivity contribution >= 4 is 17.6 Å². The summed E-state index contributed by atoms with van der Waals surface area (Å²) >= 11 is 0. The van der Waals surface area contributed by atoms with Crippen LogP contribution < -0.4 is 10.6 Å². The fourth-order valence-corrected chi connectivity index (χ4v) is 3.46. The van der Waals surface area contributed by atoms with Crippen molar-refractivity contribution in [1.29, 1.82) is 0 Å². The molecular formula is C27H28N2O4. The lowest BCUT2D eigenvalue weighted by molar-refractivity contribution is -0.132. The molecule has 33 heavy (non-hydrogen) atoms. The van der Waals surface area contributed by atoms with Crippen molar-refractivity contribution in [3.05, 3.63) is 108 Å². The van der Waals surface area contributed by atoms with Gasteiger partial charge in [0.15, 0.2) is 11.9 Å². The van der Waals surface area contributed by atoms with E-state index in [0.717, 1.165) is 11.1 Å². The summed E-state index contributed by atoms with van der Waals surface area (Å²) in [4.78, 5) is 37.5. The number of hydrogen-bond acceptors (Lipinski definition) is 4. The van der Waals surface area contributed by atoms with Gasteiger partial charge in [0.1, 0.15) is 0 Å². The molecule has 6 heteroatoms. The number of hydrogen-bond donors (Lipinski definition) is 3. The molecule has 3 N–H and O–H groups in total. The standard InChI is InChI=1S/C27H28N2O4/c30-24(22-14-8-3-9-15-22)16-17-25(31)29-23(18-20-10-4-1-5-11-20)26(32)27(33)28-19-21-12-6-2-7-13-21/h1-15,23,26,32H,16-19H2,(H,28,33)(H,29,31)/t23-,26+/m0/s1. The highest BCUT2D eigenvalue weighted by molar-refractivity contribution is 5.98. The van der Waals surface area contributed by atoms with E-state index in [9.17, 15) is 19.5 Å². The molecule has 0 aliphatic heterocycles. The van der Waals surface area contributed by atoms with Crippen molar-refractivity contribution in [2.45, 2.75) is 38.0 Å². The lowest BCUT2D eigenvalue weighted by atomic mass is 9.99. The Labute approximate surface area is 193 Å². The third kappa shape index (κ3) is 7.70. The van der Waals surface area contributed by atoms with E-state index < -0.39 is 24.0 Å². The average molecular weight is 445 g/mol. The van der Waals surface area contributed by atoms with Crippen LogP contribution in [-0.2, 0) is 22.6 Å². The fourth-order valence-electron chi connectivity index (χ4n) is 3.46. The number of ketones is 1. The number of amides is 2. The third-order valence-corrected chi connectivity index (χ3v) is 5.28. The van der Waals surface area contributed by atoms with Crippen LogP contribution in [0.4, 0.5) is 0 Å². The number of aliphatic hydroxyl groups excluding tert-OH is 1. The first-order chi connectivity index (χ1) is 16.0. The van der Waals surface area contributed by atoms with Crippen LogP contribution in [0.1, 0.15) is 34.3 Å². The minimum Gasteiger partial charge on any atom is -0.381 e. The van der Waals surface area contributed by atoms with Crippen LogP contribution in [-0.4, -0.2) is 34.8 Å². The van der Waals surface area contributed by atoms with E-state index in [1.54, 1.807) is 24.3 Å². The molecule has 0 aliphatic carbocycles. The molecule has 6 nitrogen and oxygen atoms in total. The maximum Gasteiger partial charge on any atom is 0.251 e. The molecule has 0 heterocycles. The molecule has 0 saturated heterocycles. The second-order valence-electron chi connectivity index (χ2n) is 7.80. The zero-order valence-electron chi connectivity index (χ0n) is 18.3. The van der Waals surface area contributed by atoms with Crippen LogP contribution in [0, 0.1) is 0 Å². The molecule has 3 aromatic carbocycles. The minimum atomic E-state index is -1.44. The van der Waals surface area contributed by atoms with Crippen molar-refractivity contribution in [3.63, 3.8) is 0 Å². The summed E-state index contributed by atoms with van der Waals surface area (Å²) in [5.74, 6) is -1.10. The van der Waals surface area contributed by atoms with Crippen molar-refractivity contribution in [3.8, 4) is 0 Å². The largest absolute Gasteiger partial charge is 0.381 e. The topological polar surface area (TPSA) is 95.5 Å². The third-order valence-electron chi connectivity index (χ3n) is 5.28. The number of carbonyl (C=O) groups is 3. The Kier molecular flexibility index (Phi) is 8.91. The van der Waals surface area contributed by atoms with Crippen LogP contribution >= 0.6 is 0 Å². The summed E-state index contributed by atoms with van der Waals surface area (Å²) in [6.45, 7) is 0.272. The molecule has 0 fully saturated rings. The number of Topliss-reactive ketones (excluding diaryl/α,β-unsaturated/α-hetero) is 1. The Bertz CT molecular complexity index is 1040. The van der Waals surface area contributed by atoms with Crippen LogP contribution in [0.25, 0.3) is 0 Å². The number of nitrogens with one attached hydrogen (secondary N) is 2. The van der Waals surface area contributed by atoms with E-state index in [2.05, 4.69) is 10.6 Å². The summed E-state index contributed by atoms with van der Waals surface area (Å²) < 4.78 is 0. The SMILES string of the molecule is O=C(CCC(=O)c1ccccc1)N[C@@H](Cc1ccccc1)[C@@H](O)C(=O)NCc1ccccc1. The van der Waals surface area contributed by atoms with Gasteiger partial charge in [-0.2, -0.15) is 0 Å². The van der Waals surface area contributed by atoms with Gasteiger partial charge in [-0.1, -0.05) is 91.0 Å². The Morgan fingerprint density at radius 2 is 1.27 bits per heavy atom.